The molecule has 6 nitrogen and oxygen atoms in total. The van der Waals surface area contributed by atoms with Crippen molar-refractivity contribution < 1.29 is 13.2 Å². The first-order valence-corrected chi connectivity index (χ1v) is 11.1. The molecule has 0 bridgehead atoms. The van der Waals surface area contributed by atoms with Crippen LogP contribution in [-0.4, -0.2) is 36.7 Å². The van der Waals surface area contributed by atoms with E-state index in [2.05, 4.69) is 17.2 Å². The van der Waals surface area contributed by atoms with Crippen LogP contribution in [0.1, 0.15) is 30.1 Å². The molecule has 1 aliphatic rings. The zero-order chi connectivity index (χ0) is 20.4. The number of benzene rings is 2. The van der Waals surface area contributed by atoms with Gasteiger partial charge in [-0.1, -0.05) is 25.1 Å². The lowest BCUT2D eigenvalue weighted by molar-refractivity contribution is 0.102. The number of fused-ring (bicyclic) bond motifs is 1. The van der Waals surface area contributed by atoms with Crippen LogP contribution in [0.25, 0.3) is 10.9 Å². The lowest BCUT2D eigenvalue weighted by atomic mass is 10.0. The van der Waals surface area contributed by atoms with Crippen molar-refractivity contribution in [2.24, 2.45) is 5.92 Å². The average molecular weight is 410 g/mol. The molecule has 0 spiro atoms. The molecule has 1 aliphatic heterocycles. The van der Waals surface area contributed by atoms with Gasteiger partial charge in [0, 0.05) is 30.4 Å². The number of anilines is 1. The van der Waals surface area contributed by atoms with Gasteiger partial charge in [-0.2, -0.15) is 4.31 Å². The van der Waals surface area contributed by atoms with E-state index in [1.807, 2.05) is 24.3 Å². The smallest absolute Gasteiger partial charge is 0.256 e. The van der Waals surface area contributed by atoms with Crippen LogP contribution in [-0.2, 0) is 10.0 Å². The standard InChI is InChI=1S/C22H23N3O3S/c1-16-5-4-14-25(15-16)29(27,28)18-10-8-17(9-11-18)24-22(26)20-12-13-23-21-7-3-2-6-19(20)21/h2-3,6-13,16H,4-5,14-15H2,1H3,(H,24,26). The number of hydrogen-bond donors (Lipinski definition) is 1. The van der Waals surface area contributed by atoms with Crippen LogP contribution in [0, 0.1) is 5.92 Å². The van der Waals surface area contributed by atoms with Crippen LogP contribution in [0.3, 0.4) is 0 Å². The summed E-state index contributed by atoms with van der Waals surface area (Å²) in [5.41, 5.74) is 1.81. The van der Waals surface area contributed by atoms with Gasteiger partial charge >= 0.3 is 0 Å². The number of para-hydroxylation sites is 1. The highest BCUT2D eigenvalue weighted by Gasteiger charge is 2.28. The summed E-state index contributed by atoms with van der Waals surface area (Å²) < 4.78 is 27.3. The highest BCUT2D eigenvalue weighted by molar-refractivity contribution is 7.89. The van der Waals surface area contributed by atoms with E-state index < -0.39 is 10.0 Å². The first-order chi connectivity index (χ1) is 13.9. The van der Waals surface area contributed by atoms with Crippen molar-refractivity contribution in [3.8, 4) is 0 Å². The third-order valence-corrected chi connectivity index (χ3v) is 7.14. The van der Waals surface area contributed by atoms with E-state index in [1.165, 1.54) is 0 Å². The molecule has 29 heavy (non-hydrogen) atoms. The number of nitrogens with zero attached hydrogens (tertiary/aromatic N) is 2. The molecule has 1 N–H and O–H groups in total. The quantitative estimate of drug-likeness (QED) is 0.709. The van der Waals surface area contributed by atoms with Crippen molar-refractivity contribution in [2.45, 2.75) is 24.7 Å². The third kappa shape index (κ3) is 4.02. The maximum atomic E-state index is 12.9. The number of amides is 1. The molecular weight excluding hydrogens is 386 g/mol. The molecule has 3 aromatic rings. The molecule has 2 aromatic carbocycles. The van der Waals surface area contributed by atoms with Crippen LogP contribution < -0.4 is 5.32 Å². The number of carbonyl (C=O) groups excluding carboxylic acids is 1. The largest absolute Gasteiger partial charge is 0.322 e. The summed E-state index contributed by atoms with van der Waals surface area (Å²) in [5.74, 6) is 0.108. The Morgan fingerprint density at radius 3 is 2.62 bits per heavy atom. The van der Waals surface area contributed by atoms with Gasteiger partial charge in [-0.05, 0) is 55.2 Å². The van der Waals surface area contributed by atoms with Gasteiger partial charge in [-0.25, -0.2) is 8.42 Å². The van der Waals surface area contributed by atoms with Gasteiger partial charge in [0.05, 0.1) is 16.0 Å². The number of aromatic nitrogens is 1. The summed E-state index contributed by atoms with van der Waals surface area (Å²) in [5, 5.41) is 3.61. The molecule has 1 aromatic heterocycles. The van der Waals surface area contributed by atoms with Gasteiger partial charge in [0.25, 0.3) is 5.91 Å². The van der Waals surface area contributed by atoms with E-state index in [0.717, 1.165) is 23.7 Å². The topological polar surface area (TPSA) is 79.4 Å². The maximum absolute atomic E-state index is 12.9. The van der Waals surface area contributed by atoms with Gasteiger partial charge in [-0.3, -0.25) is 9.78 Å². The Labute approximate surface area is 170 Å². The van der Waals surface area contributed by atoms with E-state index in [1.54, 1.807) is 40.8 Å². The van der Waals surface area contributed by atoms with Gasteiger partial charge in [0.2, 0.25) is 10.0 Å². The summed E-state index contributed by atoms with van der Waals surface area (Å²) in [4.78, 5) is 17.2. The molecule has 0 saturated carbocycles. The Hall–Kier alpha value is -2.77. The van der Waals surface area contributed by atoms with Crippen LogP contribution in [0.4, 0.5) is 5.69 Å². The number of nitrogens with one attached hydrogen (secondary N) is 1. The average Bonchev–Trinajstić information content (AvgIpc) is 2.73. The molecule has 1 atom stereocenters. The van der Waals surface area contributed by atoms with Crippen molar-refractivity contribution >= 4 is 32.5 Å². The predicted octanol–water partition coefficient (Wildman–Crippen LogP) is 3.91. The molecule has 1 saturated heterocycles. The zero-order valence-electron chi connectivity index (χ0n) is 16.2. The SMILES string of the molecule is CC1CCCN(S(=O)(=O)c2ccc(NC(=O)c3ccnc4ccccc34)cc2)C1. The van der Waals surface area contributed by atoms with E-state index >= 15 is 0 Å². The number of piperidine rings is 1. The Kier molecular flexibility index (Phi) is 5.34. The van der Waals surface area contributed by atoms with Crippen LogP contribution >= 0.6 is 0 Å². The number of carbonyl (C=O) groups is 1. The summed E-state index contributed by atoms with van der Waals surface area (Å²) in [6.07, 6.45) is 3.54. The molecule has 1 unspecified atom stereocenters. The normalized spacial score (nSPS) is 17.9. The lowest BCUT2D eigenvalue weighted by Crippen LogP contribution is -2.39. The first kappa shape index (κ1) is 19.5. The van der Waals surface area contributed by atoms with E-state index in [9.17, 15) is 13.2 Å². The van der Waals surface area contributed by atoms with Gasteiger partial charge in [0.1, 0.15) is 0 Å². The van der Waals surface area contributed by atoms with Crippen molar-refractivity contribution in [2.75, 3.05) is 18.4 Å². The monoisotopic (exact) mass is 409 g/mol. The molecule has 2 heterocycles. The second-order valence-electron chi connectivity index (χ2n) is 7.46. The Bertz CT molecular complexity index is 1140. The van der Waals surface area contributed by atoms with Crippen LogP contribution in [0.15, 0.2) is 65.7 Å². The number of rotatable bonds is 4. The number of hydrogen-bond acceptors (Lipinski definition) is 4. The Balaban J connectivity index is 1.53. The molecule has 150 valence electrons. The molecule has 0 aliphatic carbocycles. The molecule has 4 rings (SSSR count). The van der Waals surface area contributed by atoms with Crippen molar-refractivity contribution in [3.63, 3.8) is 0 Å². The second kappa shape index (κ2) is 7.93. The van der Waals surface area contributed by atoms with E-state index in [0.29, 0.717) is 30.3 Å². The summed E-state index contributed by atoms with van der Waals surface area (Å²) in [6.45, 7) is 3.18. The fourth-order valence-corrected chi connectivity index (χ4v) is 5.31. The number of sulfonamides is 1. The van der Waals surface area contributed by atoms with E-state index in [-0.39, 0.29) is 10.8 Å². The molecule has 1 fully saturated rings. The fourth-order valence-electron chi connectivity index (χ4n) is 3.72. The molecule has 7 heteroatoms. The minimum atomic E-state index is -3.51. The third-order valence-electron chi connectivity index (χ3n) is 5.26. The summed E-state index contributed by atoms with van der Waals surface area (Å²) >= 11 is 0. The van der Waals surface area contributed by atoms with Crippen molar-refractivity contribution in [1.29, 1.82) is 0 Å². The van der Waals surface area contributed by atoms with Crippen molar-refractivity contribution in [1.82, 2.24) is 9.29 Å². The molecular formula is C22H23N3O3S. The Morgan fingerprint density at radius 1 is 1.10 bits per heavy atom. The zero-order valence-corrected chi connectivity index (χ0v) is 17.0. The minimum absolute atomic E-state index is 0.249. The minimum Gasteiger partial charge on any atom is -0.322 e. The maximum Gasteiger partial charge on any atom is 0.256 e. The lowest BCUT2D eigenvalue weighted by Gasteiger charge is -2.30. The van der Waals surface area contributed by atoms with Gasteiger partial charge < -0.3 is 5.32 Å². The first-order valence-electron chi connectivity index (χ1n) is 9.70. The summed E-state index contributed by atoms with van der Waals surface area (Å²) in [7, 11) is -3.51. The fraction of sp³-hybridized carbons (Fsp3) is 0.273. The highest BCUT2D eigenvalue weighted by Crippen LogP contribution is 2.25. The molecule has 1 amide bonds. The number of pyridine rings is 1. The van der Waals surface area contributed by atoms with Gasteiger partial charge in [-0.15, -0.1) is 0 Å². The van der Waals surface area contributed by atoms with Crippen molar-refractivity contribution in [3.05, 3.63) is 66.4 Å². The van der Waals surface area contributed by atoms with Crippen LogP contribution in [0.2, 0.25) is 0 Å². The highest BCUT2D eigenvalue weighted by atomic mass is 32.2. The van der Waals surface area contributed by atoms with E-state index in [4.69, 9.17) is 0 Å². The molecule has 0 radical (unpaired) electrons. The second-order valence-corrected chi connectivity index (χ2v) is 9.40. The Morgan fingerprint density at radius 2 is 1.86 bits per heavy atom. The van der Waals surface area contributed by atoms with Gasteiger partial charge in [0.15, 0.2) is 0 Å². The van der Waals surface area contributed by atoms with Crippen LogP contribution in [0.5, 0.6) is 0 Å². The summed E-state index contributed by atoms with van der Waals surface area (Å²) in [6, 6.07) is 15.5. The predicted molar refractivity (Wildman–Crippen MR) is 113 cm³/mol.